The Hall–Kier alpha value is -3.55. The number of nitrogens with one attached hydrogen (secondary N) is 2. The van der Waals surface area contributed by atoms with Crippen molar-refractivity contribution < 1.29 is 28.6 Å². The molecule has 2 aromatic carbocycles. The first-order valence-electron chi connectivity index (χ1n) is 8.45. The maximum absolute atomic E-state index is 12.0. The minimum Gasteiger partial charge on any atom is -0.493 e. The lowest BCUT2D eigenvalue weighted by molar-refractivity contribution is -0.146. The first-order valence-corrected chi connectivity index (χ1v) is 8.45. The predicted octanol–water partition coefficient (Wildman–Crippen LogP) is 2.39. The molecule has 0 saturated heterocycles. The van der Waals surface area contributed by atoms with Crippen LogP contribution in [0, 0.1) is 0 Å². The minimum atomic E-state index is -0.533. The van der Waals surface area contributed by atoms with E-state index in [-0.39, 0.29) is 12.3 Å². The standard InChI is InChI=1S/C20H22N2O6/c1-13(23)21-15-6-4-14(5-7-15)10-20(25)28-12-19(24)22-16-8-9-17(26-2)18(11-16)27-3/h4-9,11H,10,12H2,1-3H3,(H,21,23)(H,22,24). The van der Waals surface area contributed by atoms with E-state index >= 15 is 0 Å². The van der Waals surface area contributed by atoms with Gasteiger partial charge < -0.3 is 24.8 Å². The van der Waals surface area contributed by atoms with Crippen LogP contribution in [0.2, 0.25) is 0 Å². The van der Waals surface area contributed by atoms with Crippen molar-refractivity contribution in [3.8, 4) is 11.5 Å². The number of hydrogen-bond donors (Lipinski definition) is 2. The molecule has 0 saturated carbocycles. The Morgan fingerprint density at radius 3 is 2.11 bits per heavy atom. The SMILES string of the molecule is COc1ccc(NC(=O)COC(=O)Cc2ccc(NC(C)=O)cc2)cc1OC. The highest BCUT2D eigenvalue weighted by molar-refractivity contribution is 5.93. The molecule has 0 aromatic heterocycles. The number of carbonyl (C=O) groups is 3. The molecule has 0 bridgehead atoms. The second kappa shape index (κ2) is 9.96. The highest BCUT2D eigenvalue weighted by Gasteiger charge is 2.11. The quantitative estimate of drug-likeness (QED) is 0.676. The van der Waals surface area contributed by atoms with Crippen LogP contribution in [-0.2, 0) is 25.5 Å². The fraction of sp³-hybridized carbons (Fsp3) is 0.250. The summed E-state index contributed by atoms with van der Waals surface area (Å²) in [5.74, 6) is -0.166. The van der Waals surface area contributed by atoms with Crippen LogP contribution in [-0.4, -0.2) is 38.6 Å². The molecule has 0 aliphatic heterocycles. The summed E-state index contributed by atoms with van der Waals surface area (Å²) in [5, 5.41) is 5.26. The molecule has 2 rings (SSSR count). The van der Waals surface area contributed by atoms with Crippen LogP contribution in [0.3, 0.4) is 0 Å². The van der Waals surface area contributed by atoms with E-state index in [2.05, 4.69) is 10.6 Å². The monoisotopic (exact) mass is 386 g/mol. The van der Waals surface area contributed by atoms with E-state index in [0.717, 1.165) is 0 Å². The van der Waals surface area contributed by atoms with Gasteiger partial charge in [-0.05, 0) is 29.8 Å². The zero-order valence-electron chi connectivity index (χ0n) is 15.9. The lowest BCUT2D eigenvalue weighted by atomic mass is 10.1. The van der Waals surface area contributed by atoms with Gasteiger partial charge in [0.2, 0.25) is 5.91 Å². The Balaban J connectivity index is 1.82. The van der Waals surface area contributed by atoms with Gasteiger partial charge in [0, 0.05) is 24.4 Å². The summed E-state index contributed by atoms with van der Waals surface area (Å²) in [4.78, 5) is 34.9. The molecule has 0 fully saturated rings. The molecule has 2 amide bonds. The Bertz CT molecular complexity index is 848. The summed E-state index contributed by atoms with van der Waals surface area (Å²) >= 11 is 0. The van der Waals surface area contributed by atoms with Crippen LogP contribution in [0.15, 0.2) is 42.5 Å². The van der Waals surface area contributed by atoms with E-state index in [1.165, 1.54) is 21.1 Å². The largest absolute Gasteiger partial charge is 0.493 e. The minimum absolute atomic E-state index is 0.0178. The number of benzene rings is 2. The van der Waals surface area contributed by atoms with Gasteiger partial charge in [-0.3, -0.25) is 14.4 Å². The molecule has 0 aliphatic carbocycles. The Labute approximate surface area is 162 Å². The summed E-state index contributed by atoms with van der Waals surface area (Å²) in [6.45, 7) is 1.01. The first kappa shape index (κ1) is 20.8. The van der Waals surface area contributed by atoms with Gasteiger partial charge in [0.05, 0.1) is 20.6 Å². The lowest BCUT2D eigenvalue weighted by Gasteiger charge is -2.11. The molecule has 0 radical (unpaired) electrons. The second-order valence-electron chi connectivity index (χ2n) is 5.83. The molecule has 0 spiro atoms. The zero-order chi connectivity index (χ0) is 20.5. The third kappa shape index (κ3) is 6.31. The van der Waals surface area contributed by atoms with Crippen molar-refractivity contribution in [2.45, 2.75) is 13.3 Å². The Morgan fingerprint density at radius 2 is 1.50 bits per heavy atom. The third-order valence-electron chi connectivity index (χ3n) is 3.65. The van der Waals surface area contributed by atoms with Crippen LogP contribution < -0.4 is 20.1 Å². The van der Waals surface area contributed by atoms with E-state index in [4.69, 9.17) is 14.2 Å². The number of carbonyl (C=O) groups excluding carboxylic acids is 3. The van der Waals surface area contributed by atoms with E-state index in [1.54, 1.807) is 42.5 Å². The van der Waals surface area contributed by atoms with Crippen molar-refractivity contribution in [2.24, 2.45) is 0 Å². The van der Waals surface area contributed by atoms with Gasteiger partial charge in [0.1, 0.15) is 0 Å². The number of methoxy groups -OCH3 is 2. The molecule has 8 nitrogen and oxygen atoms in total. The summed E-state index contributed by atoms with van der Waals surface area (Å²) in [6, 6.07) is 11.7. The average Bonchev–Trinajstić information content (AvgIpc) is 2.67. The number of amides is 2. The van der Waals surface area contributed by atoms with Crippen LogP contribution in [0.5, 0.6) is 11.5 Å². The first-order chi connectivity index (χ1) is 13.4. The number of ether oxygens (including phenoxy) is 3. The predicted molar refractivity (Wildman–Crippen MR) is 104 cm³/mol. The molecule has 0 aliphatic rings. The van der Waals surface area contributed by atoms with Gasteiger partial charge in [0.25, 0.3) is 5.91 Å². The summed E-state index contributed by atoms with van der Waals surface area (Å²) in [7, 11) is 3.01. The van der Waals surface area contributed by atoms with Crippen LogP contribution in [0.1, 0.15) is 12.5 Å². The van der Waals surface area contributed by atoms with Gasteiger partial charge >= 0.3 is 5.97 Å². The average molecular weight is 386 g/mol. The number of rotatable bonds is 8. The van der Waals surface area contributed by atoms with Crippen molar-refractivity contribution in [1.29, 1.82) is 0 Å². The molecular formula is C20H22N2O6. The van der Waals surface area contributed by atoms with Crippen molar-refractivity contribution >= 4 is 29.2 Å². The van der Waals surface area contributed by atoms with Crippen LogP contribution in [0.4, 0.5) is 11.4 Å². The maximum Gasteiger partial charge on any atom is 0.310 e. The molecule has 28 heavy (non-hydrogen) atoms. The highest BCUT2D eigenvalue weighted by atomic mass is 16.5. The molecule has 148 valence electrons. The Kier molecular flexibility index (Phi) is 7.38. The van der Waals surface area contributed by atoms with Crippen LogP contribution >= 0.6 is 0 Å². The number of hydrogen-bond acceptors (Lipinski definition) is 6. The fourth-order valence-corrected chi connectivity index (χ4v) is 2.38. The fourth-order valence-electron chi connectivity index (χ4n) is 2.38. The maximum atomic E-state index is 12.0. The van der Waals surface area contributed by atoms with Crippen molar-refractivity contribution in [3.63, 3.8) is 0 Å². The molecular weight excluding hydrogens is 364 g/mol. The van der Waals surface area contributed by atoms with E-state index in [9.17, 15) is 14.4 Å². The highest BCUT2D eigenvalue weighted by Crippen LogP contribution is 2.29. The molecule has 8 heteroatoms. The number of anilines is 2. The molecule has 2 aromatic rings. The van der Waals surface area contributed by atoms with E-state index < -0.39 is 18.5 Å². The number of esters is 1. The molecule has 2 N–H and O–H groups in total. The summed E-state index contributed by atoms with van der Waals surface area (Å²) in [5.41, 5.74) is 1.84. The Morgan fingerprint density at radius 1 is 0.857 bits per heavy atom. The molecule has 0 heterocycles. The molecule has 0 atom stereocenters. The topological polar surface area (TPSA) is 103 Å². The lowest BCUT2D eigenvalue weighted by Crippen LogP contribution is -2.21. The van der Waals surface area contributed by atoms with Crippen molar-refractivity contribution in [2.75, 3.05) is 31.5 Å². The normalized spacial score (nSPS) is 9.96. The van der Waals surface area contributed by atoms with Gasteiger partial charge in [-0.1, -0.05) is 12.1 Å². The summed E-state index contributed by atoms with van der Waals surface area (Å²) in [6.07, 6.45) is 0.0178. The second-order valence-corrected chi connectivity index (χ2v) is 5.83. The molecule has 0 unspecified atom stereocenters. The van der Waals surface area contributed by atoms with Gasteiger partial charge in [0.15, 0.2) is 18.1 Å². The smallest absolute Gasteiger partial charge is 0.310 e. The van der Waals surface area contributed by atoms with Crippen molar-refractivity contribution in [1.82, 2.24) is 0 Å². The van der Waals surface area contributed by atoms with E-state index in [1.807, 2.05) is 0 Å². The van der Waals surface area contributed by atoms with Gasteiger partial charge in [-0.25, -0.2) is 0 Å². The van der Waals surface area contributed by atoms with Gasteiger partial charge in [-0.2, -0.15) is 0 Å². The van der Waals surface area contributed by atoms with Gasteiger partial charge in [-0.15, -0.1) is 0 Å². The van der Waals surface area contributed by atoms with E-state index in [0.29, 0.717) is 28.4 Å². The van der Waals surface area contributed by atoms with Crippen LogP contribution in [0.25, 0.3) is 0 Å². The van der Waals surface area contributed by atoms with Crippen molar-refractivity contribution in [3.05, 3.63) is 48.0 Å². The third-order valence-corrected chi connectivity index (χ3v) is 3.65. The summed E-state index contributed by atoms with van der Waals surface area (Å²) < 4.78 is 15.3. The zero-order valence-corrected chi connectivity index (χ0v) is 15.9.